The van der Waals surface area contributed by atoms with Gasteiger partial charge in [0.1, 0.15) is 17.6 Å². The van der Waals surface area contributed by atoms with E-state index in [1.54, 1.807) is 24.3 Å². The van der Waals surface area contributed by atoms with Crippen molar-refractivity contribution in [3.8, 4) is 23.0 Å². The molecule has 0 spiro atoms. The van der Waals surface area contributed by atoms with Gasteiger partial charge in [0.2, 0.25) is 0 Å². The number of hydrogen-bond acceptors (Lipinski definition) is 5. The van der Waals surface area contributed by atoms with Gasteiger partial charge in [-0.15, -0.1) is 0 Å². The quantitative estimate of drug-likeness (QED) is 0.391. The Hall–Kier alpha value is -2.40. The summed E-state index contributed by atoms with van der Waals surface area (Å²) in [5.74, 6) is -0.483. The van der Waals surface area contributed by atoms with Gasteiger partial charge in [-0.3, -0.25) is 0 Å². The van der Waals surface area contributed by atoms with E-state index in [9.17, 15) is 20.4 Å². The third-order valence-corrected chi connectivity index (χ3v) is 3.38. The molecule has 4 N–H and O–H groups in total. The van der Waals surface area contributed by atoms with Crippen molar-refractivity contribution in [2.45, 2.75) is 18.6 Å². The molecule has 1 aliphatic heterocycles. The predicted molar refractivity (Wildman–Crippen MR) is 70.9 cm³/mol. The number of ether oxygens (including phenoxy) is 1. The van der Waals surface area contributed by atoms with Gasteiger partial charge >= 0.3 is 0 Å². The molecule has 1 saturated heterocycles. The smallest absolute Gasteiger partial charge is 0.161 e. The van der Waals surface area contributed by atoms with Crippen LogP contribution in [0.15, 0.2) is 36.4 Å². The van der Waals surface area contributed by atoms with Crippen molar-refractivity contribution in [3.05, 3.63) is 47.5 Å². The molecule has 0 saturated carbocycles. The molecular formula is C15H14O5. The van der Waals surface area contributed by atoms with Gasteiger partial charge in [0.05, 0.1) is 6.10 Å². The molecule has 2 atom stereocenters. The molecule has 1 aliphatic rings. The minimum atomic E-state index is -0.346. The maximum atomic E-state index is 9.74. The number of rotatable bonds is 3. The molecule has 2 aromatic rings. The minimum Gasteiger partial charge on any atom is -0.508 e. The number of phenolic OH excluding ortho intramolecular Hbond substituents is 4. The van der Waals surface area contributed by atoms with Crippen molar-refractivity contribution in [2.75, 3.05) is 0 Å². The molecule has 3 rings (SSSR count). The second kappa shape index (κ2) is 4.61. The molecule has 20 heavy (non-hydrogen) atoms. The second-order valence-corrected chi connectivity index (χ2v) is 4.86. The van der Waals surface area contributed by atoms with Crippen molar-refractivity contribution < 1.29 is 25.2 Å². The van der Waals surface area contributed by atoms with E-state index in [-0.39, 0.29) is 35.2 Å². The number of epoxide rings is 1. The van der Waals surface area contributed by atoms with Gasteiger partial charge in [0.25, 0.3) is 0 Å². The molecule has 104 valence electrons. The first-order valence-corrected chi connectivity index (χ1v) is 6.23. The van der Waals surface area contributed by atoms with Crippen LogP contribution in [-0.2, 0) is 11.2 Å². The highest BCUT2D eigenvalue weighted by atomic mass is 16.6. The van der Waals surface area contributed by atoms with E-state index in [0.717, 1.165) is 11.6 Å². The lowest BCUT2D eigenvalue weighted by Gasteiger charge is -2.05. The first kappa shape index (κ1) is 12.6. The zero-order valence-electron chi connectivity index (χ0n) is 10.5. The summed E-state index contributed by atoms with van der Waals surface area (Å²) in [4.78, 5) is 0. The van der Waals surface area contributed by atoms with Crippen LogP contribution in [0.5, 0.6) is 23.0 Å². The van der Waals surface area contributed by atoms with E-state index >= 15 is 0 Å². The molecule has 0 amide bonds. The van der Waals surface area contributed by atoms with Crippen molar-refractivity contribution in [1.82, 2.24) is 0 Å². The average molecular weight is 274 g/mol. The Morgan fingerprint density at radius 1 is 0.900 bits per heavy atom. The Labute approximate surface area is 115 Å². The summed E-state index contributed by atoms with van der Waals surface area (Å²) < 4.78 is 5.53. The maximum absolute atomic E-state index is 9.74. The van der Waals surface area contributed by atoms with Gasteiger partial charge in [0, 0.05) is 18.1 Å². The van der Waals surface area contributed by atoms with E-state index in [4.69, 9.17) is 4.74 Å². The van der Waals surface area contributed by atoms with E-state index in [1.807, 2.05) is 0 Å². The Morgan fingerprint density at radius 3 is 2.30 bits per heavy atom. The standard InChI is InChI=1S/C15H14O5/c16-10-3-1-8(2-4-10)15-13(20-15)6-9-5-11(17)7-12(18)14(9)19/h1-5,7,13,15-19H,6H2/t13-,15+/m1/s1. The molecule has 0 bridgehead atoms. The molecule has 0 aromatic heterocycles. The highest BCUT2D eigenvalue weighted by Crippen LogP contribution is 2.43. The minimum absolute atomic E-state index is 0.0977. The Balaban J connectivity index is 1.73. The van der Waals surface area contributed by atoms with Gasteiger partial charge < -0.3 is 25.2 Å². The van der Waals surface area contributed by atoms with Crippen LogP contribution in [0, 0.1) is 0 Å². The van der Waals surface area contributed by atoms with Gasteiger partial charge in [-0.25, -0.2) is 0 Å². The fraction of sp³-hybridized carbons (Fsp3) is 0.200. The molecule has 1 fully saturated rings. The molecule has 0 radical (unpaired) electrons. The largest absolute Gasteiger partial charge is 0.508 e. The van der Waals surface area contributed by atoms with Gasteiger partial charge in [-0.2, -0.15) is 0 Å². The van der Waals surface area contributed by atoms with Crippen molar-refractivity contribution in [2.24, 2.45) is 0 Å². The Kier molecular flexibility index (Phi) is 2.91. The fourth-order valence-corrected chi connectivity index (χ4v) is 2.29. The van der Waals surface area contributed by atoms with E-state index < -0.39 is 0 Å². The molecule has 2 aromatic carbocycles. The molecule has 5 nitrogen and oxygen atoms in total. The first-order valence-electron chi connectivity index (χ1n) is 6.23. The highest BCUT2D eigenvalue weighted by Gasteiger charge is 2.40. The fourth-order valence-electron chi connectivity index (χ4n) is 2.29. The van der Waals surface area contributed by atoms with Crippen molar-refractivity contribution >= 4 is 0 Å². The van der Waals surface area contributed by atoms with Crippen LogP contribution in [0.4, 0.5) is 0 Å². The zero-order chi connectivity index (χ0) is 14.3. The van der Waals surface area contributed by atoms with Crippen molar-refractivity contribution in [3.63, 3.8) is 0 Å². The van der Waals surface area contributed by atoms with Gasteiger partial charge in [-0.05, 0) is 23.8 Å². The highest BCUT2D eigenvalue weighted by molar-refractivity contribution is 5.50. The van der Waals surface area contributed by atoms with E-state index in [2.05, 4.69) is 0 Å². The molecule has 5 heteroatoms. The molecule has 0 unspecified atom stereocenters. The van der Waals surface area contributed by atoms with E-state index in [0.29, 0.717) is 12.0 Å². The van der Waals surface area contributed by atoms with Crippen LogP contribution in [0.1, 0.15) is 17.2 Å². The van der Waals surface area contributed by atoms with Gasteiger partial charge in [-0.1, -0.05) is 12.1 Å². The summed E-state index contributed by atoms with van der Waals surface area (Å²) in [6.45, 7) is 0. The van der Waals surface area contributed by atoms with E-state index in [1.165, 1.54) is 6.07 Å². The monoisotopic (exact) mass is 274 g/mol. The maximum Gasteiger partial charge on any atom is 0.161 e. The first-order chi connectivity index (χ1) is 9.54. The lowest BCUT2D eigenvalue weighted by atomic mass is 10.0. The third kappa shape index (κ3) is 2.35. The number of hydrogen-bond donors (Lipinski definition) is 4. The molecule has 1 heterocycles. The number of aromatic hydroxyl groups is 4. The molecule has 0 aliphatic carbocycles. The van der Waals surface area contributed by atoms with Crippen LogP contribution in [0.25, 0.3) is 0 Å². The second-order valence-electron chi connectivity index (χ2n) is 4.86. The number of benzene rings is 2. The average Bonchev–Trinajstić information content (AvgIpc) is 3.15. The lowest BCUT2D eigenvalue weighted by Crippen LogP contribution is -1.96. The van der Waals surface area contributed by atoms with Crippen LogP contribution < -0.4 is 0 Å². The molecular weight excluding hydrogens is 260 g/mol. The third-order valence-electron chi connectivity index (χ3n) is 3.38. The van der Waals surface area contributed by atoms with Gasteiger partial charge in [0.15, 0.2) is 11.5 Å². The predicted octanol–water partition coefficient (Wildman–Crippen LogP) is 2.19. The van der Waals surface area contributed by atoms with Crippen LogP contribution in [0.3, 0.4) is 0 Å². The summed E-state index contributed by atoms with van der Waals surface area (Å²) in [5.41, 5.74) is 1.38. The summed E-state index contributed by atoms with van der Waals surface area (Å²) in [6.07, 6.45) is 0.172. The topological polar surface area (TPSA) is 93.5 Å². The Morgan fingerprint density at radius 2 is 1.60 bits per heavy atom. The lowest BCUT2D eigenvalue weighted by molar-refractivity contribution is 0.365. The summed E-state index contributed by atoms with van der Waals surface area (Å²) in [5, 5.41) is 37.8. The van der Waals surface area contributed by atoms with Crippen LogP contribution >= 0.6 is 0 Å². The van der Waals surface area contributed by atoms with Crippen LogP contribution in [-0.4, -0.2) is 26.5 Å². The zero-order valence-corrected chi connectivity index (χ0v) is 10.5. The normalized spacial score (nSPS) is 20.8. The Bertz CT molecular complexity index is 635. The number of phenols is 4. The van der Waals surface area contributed by atoms with Crippen molar-refractivity contribution in [1.29, 1.82) is 0 Å². The summed E-state index contributed by atoms with van der Waals surface area (Å²) >= 11 is 0. The SMILES string of the molecule is Oc1ccc([C@@H]2O[C@@H]2Cc2cc(O)cc(O)c2O)cc1. The summed E-state index contributed by atoms with van der Waals surface area (Å²) in [7, 11) is 0. The summed E-state index contributed by atoms with van der Waals surface area (Å²) in [6, 6.07) is 9.23. The van der Waals surface area contributed by atoms with Crippen LogP contribution in [0.2, 0.25) is 0 Å².